The Morgan fingerprint density at radius 3 is 0.526 bits per heavy atom. The number of rotatable bonds is 4. The van der Waals surface area contributed by atoms with Crippen molar-refractivity contribution in [2.24, 2.45) is 69.5 Å². The summed E-state index contributed by atoms with van der Waals surface area (Å²) in [6, 6.07) is 20.9. The van der Waals surface area contributed by atoms with Crippen LogP contribution in [-0.4, -0.2) is 173 Å². The van der Waals surface area contributed by atoms with Gasteiger partial charge in [-0.3, -0.25) is 4.79 Å². The summed E-state index contributed by atoms with van der Waals surface area (Å²) in [6.45, 7) is 69.7. The van der Waals surface area contributed by atoms with E-state index >= 15 is 0 Å². The number of likely N-dealkylation sites (tertiary alicyclic amines) is 1. The van der Waals surface area contributed by atoms with Gasteiger partial charge < -0.3 is 138 Å². The van der Waals surface area contributed by atoms with Crippen molar-refractivity contribution < 1.29 is 67.4 Å². The van der Waals surface area contributed by atoms with Gasteiger partial charge in [-0.1, -0.05) is 198 Å². The van der Waals surface area contributed by atoms with E-state index in [0.717, 1.165) is 49.6 Å². The van der Waals surface area contributed by atoms with Gasteiger partial charge in [-0.25, -0.2) is 0 Å². The summed E-state index contributed by atoms with van der Waals surface area (Å²) in [5, 5.41) is 8.06. The third kappa shape index (κ3) is 737. The molecule has 2 aromatic carbocycles. The number of carbonyl (C=O) groups excluding carboxylic acids is 13. The molecule has 2 aromatic rings. The summed E-state index contributed by atoms with van der Waals surface area (Å²) in [4.78, 5) is 109. The molecule has 0 spiro atoms. The zero-order valence-corrected chi connectivity index (χ0v) is 67.7. The van der Waals surface area contributed by atoms with Gasteiger partial charge in [-0.15, -0.1) is 0 Å². The van der Waals surface area contributed by atoms with E-state index < -0.39 is 0 Å². The molecule has 594 valence electrons. The topological polar surface area (TPSA) is 594 Å². The lowest BCUT2D eigenvalue weighted by atomic mass is 10.1. The predicted octanol–water partition coefficient (Wildman–Crippen LogP) is 10.4. The zero-order chi connectivity index (χ0) is 81.6. The summed E-state index contributed by atoms with van der Waals surface area (Å²) in [6.07, 6.45) is 8.41. The van der Waals surface area contributed by atoms with Crippen LogP contribution >= 0.6 is 0 Å². The zero-order valence-electron chi connectivity index (χ0n) is 67.7. The molecule has 0 saturated carbocycles. The quantitative estimate of drug-likeness (QED) is 0.135. The number of aliphatic hydroxyl groups is 1. The highest BCUT2D eigenvalue weighted by Crippen LogP contribution is 2.07. The van der Waals surface area contributed by atoms with Gasteiger partial charge in [0.25, 0.3) is 0 Å². The van der Waals surface area contributed by atoms with Crippen LogP contribution < -0.4 is 70.5 Å². The van der Waals surface area contributed by atoms with Crippen LogP contribution in [0.3, 0.4) is 0 Å². The van der Waals surface area contributed by atoms with E-state index in [4.69, 9.17) is 62.6 Å². The molecular weight excluding hydrogens is 1220 g/mol. The number of nitrogens with two attached hydrogens (primary N) is 8. The maximum Gasteiger partial charge on any atom is 0.219 e. The van der Waals surface area contributed by atoms with Crippen LogP contribution in [0.25, 0.3) is 0 Å². The number of hydrogen-bond donors (Lipinski definition) is 13. The Balaban J connectivity index is -0.0000000157. The Hall–Kier alpha value is -6.57. The first kappa shape index (κ1) is 205. The molecule has 0 atom stereocenters. The Labute approximate surface area is 589 Å². The van der Waals surface area contributed by atoms with Gasteiger partial charge in [0.2, 0.25) is 5.91 Å². The van der Waals surface area contributed by atoms with E-state index in [2.05, 4.69) is 191 Å². The lowest BCUT2D eigenvalue weighted by Crippen LogP contribution is -2.33. The van der Waals surface area contributed by atoms with Gasteiger partial charge in [0.05, 0.1) is 0 Å². The predicted molar refractivity (Wildman–Crippen MR) is 426 cm³/mol. The van der Waals surface area contributed by atoms with Crippen molar-refractivity contribution in [3.05, 3.63) is 71.8 Å². The van der Waals surface area contributed by atoms with Crippen LogP contribution in [0.4, 0.5) is 0 Å². The Kier molecular flexibility index (Phi) is 906. The highest BCUT2D eigenvalue weighted by molar-refractivity contribution is 5.73. The third-order valence-corrected chi connectivity index (χ3v) is 5.94. The maximum absolute atomic E-state index is 10.7. The van der Waals surface area contributed by atoms with Crippen molar-refractivity contribution in [3.8, 4) is 0 Å². The second kappa shape index (κ2) is 420. The standard InChI is InChI=1S/2C8H10.C7H13NO.2C5H12.2C4H10.C3H8O.2C2H6.8CH5N.12CH2O.4H3N/c2*1-2-8-6-4-3-5-7-8;1-7(9)8-5-3-2-4-6-8;2*1-4-5(2)3;2*1-4(2)3;1-3(2)4;22*1-2;;;;/h2*3-7H,2H2,1H3;2-6H2,1H3;2*5H,4H2,1-3H3;2*4H,1-3H3;3-4H,1-2H3;2*1-2H3;8*2H2,1H3;12*1H2;4*1H3. The molecule has 0 radical (unpaired) electrons. The average molecular weight is 1400 g/mol. The Bertz CT molecular complexity index is 969. The molecule has 1 fully saturated rings. The molecular formula is C68H173N13O14. The summed E-state index contributed by atoms with van der Waals surface area (Å²) in [7, 11) is 12.0. The smallest absolute Gasteiger partial charge is 0.219 e. The van der Waals surface area contributed by atoms with Crippen LogP contribution in [0.5, 0.6) is 0 Å². The minimum absolute atomic E-state index is 0. The number of amides is 1. The van der Waals surface area contributed by atoms with Crippen LogP contribution in [-0.2, 0) is 75.2 Å². The van der Waals surface area contributed by atoms with Gasteiger partial charge >= 0.3 is 0 Å². The SMILES string of the molecule is C=O.C=O.C=O.C=O.C=O.C=O.C=O.C=O.C=O.C=O.C=O.C=O.CC.CC.CC(=O)N1CCCCC1.CC(C)C.CC(C)C.CC(C)O.CCC(C)C.CCC(C)C.CCc1ccccc1.CCc1ccccc1.CN.CN.CN.CN.CN.CN.CN.CN.N.N.N.N. The van der Waals surface area contributed by atoms with Gasteiger partial charge in [-0.2, -0.15) is 0 Å². The molecule has 1 aliphatic rings. The molecule has 1 amide bonds. The van der Waals surface area contributed by atoms with Crippen LogP contribution in [0.2, 0.25) is 0 Å². The van der Waals surface area contributed by atoms with Crippen molar-refractivity contribution in [2.45, 2.75) is 196 Å². The fraction of sp³-hybridized carbons (Fsp3) is 0.632. The largest absolute Gasteiger partial charge is 0.394 e. The Morgan fingerprint density at radius 2 is 0.463 bits per heavy atom. The molecule has 0 unspecified atom stereocenters. The molecule has 3 rings (SSSR count). The Morgan fingerprint density at radius 1 is 0.347 bits per heavy atom. The first-order chi connectivity index (χ1) is 43.9. The van der Waals surface area contributed by atoms with E-state index in [1.807, 2.05) is 126 Å². The van der Waals surface area contributed by atoms with Crippen molar-refractivity contribution in [2.75, 3.05) is 69.5 Å². The maximum atomic E-state index is 10.7. The van der Waals surface area contributed by atoms with E-state index in [0.29, 0.717) is 0 Å². The number of carbonyl (C=O) groups is 13. The second-order valence-electron chi connectivity index (χ2n) is 14.4. The molecule has 1 saturated heterocycles. The lowest BCUT2D eigenvalue weighted by molar-refractivity contribution is -0.129. The molecule has 1 heterocycles. The highest BCUT2D eigenvalue weighted by atomic mass is 16.3. The van der Waals surface area contributed by atoms with Gasteiger partial charge in [0, 0.05) is 26.1 Å². The monoisotopic (exact) mass is 1400 g/mol. The summed E-state index contributed by atoms with van der Waals surface area (Å²) in [5.74, 6) is 3.67. The van der Waals surface area contributed by atoms with E-state index in [1.165, 1.54) is 99.6 Å². The molecule has 27 heteroatoms. The first-order valence-electron chi connectivity index (χ1n) is 29.0. The van der Waals surface area contributed by atoms with Crippen molar-refractivity contribution in [1.82, 2.24) is 29.5 Å². The van der Waals surface area contributed by atoms with Gasteiger partial charge in [0.15, 0.2) is 0 Å². The molecule has 1 aliphatic heterocycles. The fourth-order valence-corrected chi connectivity index (χ4v) is 2.64. The molecule has 0 aliphatic carbocycles. The minimum atomic E-state index is -0.167. The average Bonchev–Trinajstić information content (AvgIpc) is 3.85. The molecule has 29 N–H and O–H groups in total. The number of benzene rings is 2. The minimum Gasteiger partial charge on any atom is -0.394 e. The van der Waals surface area contributed by atoms with Crippen molar-refractivity contribution in [3.63, 3.8) is 0 Å². The highest BCUT2D eigenvalue weighted by Gasteiger charge is 2.11. The van der Waals surface area contributed by atoms with Gasteiger partial charge in [0.1, 0.15) is 81.5 Å². The molecule has 0 aromatic heterocycles. The normalized spacial score (nSPS) is 6.71. The third-order valence-electron chi connectivity index (χ3n) is 5.94. The van der Waals surface area contributed by atoms with E-state index in [-0.39, 0.29) is 36.6 Å². The molecule has 95 heavy (non-hydrogen) atoms. The number of aryl methyl sites for hydroxylation is 2. The molecule has 27 nitrogen and oxygen atoms in total. The summed E-state index contributed by atoms with van der Waals surface area (Å²) >= 11 is 0. The van der Waals surface area contributed by atoms with E-state index in [9.17, 15) is 4.79 Å². The fourth-order valence-electron chi connectivity index (χ4n) is 2.64. The number of hydrogen-bond acceptors (Lipinski definition) is 26. The van der Waals surface area contributed by atoms with Gasteiger partial charge in [-0.05, 0) is 137 Å². The van der Waals surface area contributed by atoms with Crippen molar-refractivity contribution >= 4 is 87.4 Å². The lowest BCUT2D eigenvalue weighted by Gasteiger charge is -2.24. The van der Waals surface area contributed by atoms with Crippen molar-refractivity contribution in [1.29, 1.82) is 0 Å². The van der Waals surface area contributed by atoms with Crippen LogP contribution in [0.15, 0.2) is 60.7 Å². The number of aliphatic hydroxyl groups excluding tert-OH is 1. The first-order valence-corrected chi connectivity index (χ1v) is 29.0. The number of nitrogens with zero attached hydrogens (tertiary/aromatic N) is 1. The summed E-state index contributed by atoms with van der Waals surface area (Å²) in [5.41, 5.74) is 38.8. The number of piperidine rings is 1. The molecule has 0 bridgehead atoms. The van der Waals surface area contributed by atoms with Crippen LogP contribution in [0.1, 0.15) is 189 Å². The van der Waals surface area contributed by atoms with Crippen LogP contribution in [0, 0.1) is 23.7 Å². The summed E-state index contributed by atoms with van der Waals surface area (Å²) < 4.78 is 0. The van der Waals surface area contributed by atoms with E-state index in [1.54, 1.807) is 20.8 Å². The second-order valence-corrected chi connectivity index (χ2v) is 14.4.